The number of aryl methyl sites for hydroxylation is 2. The summed E-state index contributed by atoms with van der Waals surface area (Å²) in [5.74, 6) is 7.21. The summed E-state index contributed by atoms with van der Waals surface area (Å²) in [6, 6.07) is 41.6. The molecule has 0 bridgehead atoms. The number of nitrogens with zero attached hydrogens (tertiary/aromatic N) is 2. The van der Waals surface area contributed by atoms with Gasteiger partial charge in [-0.2, -0.15) is 0 Å². The van der Waals surface area contributed by atoms with Crippen molar-refractivity contribution in [2.45, 2.75) is 31.1 Å². The van der Waals surface area contributed by atoms with E-state index in [2.05, 4.69) is 114 Å². The molecule has 0 spiro atoms. The summed E-state index contributed by atoms with van der Waals surface area (Å²) in [5.41, 5.74) is 10.5. The number of furan rings is 1. The predicted octanol–water partition coefficient (Wildman–Crippen LogP) is 9.82. The van der Waals surface area contributed by atoms with Crippen molar-refractivity contribution in [3.05, 3.63) is 139 Å². The Morgan fingerprint density at radius 3 is 2.18 bits per heavy atom. The molecule has 0 amide bonds. The molecular weight excluding hydrogens is 777 g/mol. The van der Waals surface area contributed by atoms with Crippen molar-refractivity contribution in [2.24, 2.45) is 0 Å². The van der Waals surface area contributed by atoms with E-state index in [0.717, 1.165) is 50.0 Å². The van der Waals surface area contributed by atoms with Crippen LogP contribution in [0.1, 0.15) is 11.1 Å². The Bertz CT molecular complexity index is 2010. The number of fused-ring (bicyclic) bond motifs is 3. The molecule has 1 radical (unpaired) electrons. The van der Waals surface area contributed by atoms with Gasteiger partial charge in [-0.1, -0.05) is 65.5 Å². The minimum Gasteiger partial charge on any atom is -0.501 e. The number of pyridine rings is 2. The maximum atomic E-state index is 6.23. The van der Waals surface area contributed by atoms with Gasteiger partial charge in [0.2, 0.25) is 0 Å². The van der Waals surface area contributed by atoms with Gasteiger partial charge in [0.05, 0.1) is 5.58 Å². The van der Waals surface area contributed by atoms with Crippen molar-refractivity contribution in [1.82, 2.24) is 9.97 Å². The standard InChI is InChI=1S/C23H14NO.C16H20GeN.Ir/c1-2-7-16(8-3-1)17-12-13-18-19-9-6-10-20(21-11-4-5-14-24-21)23(19)25-22(18)15-17;1-12-6-8-14(9-7-12)16-10-13(2)15(11-18-16)17(3,4)5;/h1-9,11-15H;6-8,10-11H,1-5H3;/q2*-1;. The summed E-state index contributed by atoms with van der Waals surface area (Å²) in [6.07, 6.45) is 3.87. The topological polar surface area (TPSA) is 38.9 Å². The van der Waals surface area contributed by atoms with Crippen LogP contribution < -0.4 is 4.40 Å². The Morgan fingerprint density at radius 1 is 0.705 bits per heavy atom. The predicted molar refractivity (Wildman–Crippen MR) is 182 cm³/mol. The number of benzene rings is 4. The average molecular weight is 812 g/mol. The van der Waals surface area contributed by atoms with E-state index in [1.54, 1.807) is 6.20 Å². The summed E-state index contributed by atoms with van der Waals surface area (Å²) in [5, 5.41) is 2.20. The van der Waals surface area contributed by atoms with Gasteiger partial charge in [-0.15, -0.1) is 18.2 Å². The number of aromatic nitrogens is 2. The van der Waals surface area contributed by atoms with Crippen LogP contribution in [-0.2, 0) is 20.1 Å². The fraction of sp³-hybridized carbons (Fsp3) is 0.128. The molecule has 0 saturated carbocycles. The third-order valence-corrected chi connectivity index (χ3v) is 12.1. The molecule has 0 aliphatic heterocycles. The Kier molecular flexibility index (Phi) is 9.65. The van der Waals surface area contributed by atoms with Gasteiger partial charge in [0.25, 0.3) is 0 Å². The fourth-order valence-corrected chi connectivity index (χ4v) is 8.98. The Labute approximate surface area is 276 Å². The summed E-state index contributed by atoms with van der Waals surface area (Å²) in [4.78, 5) is 9.06. The molecule has 5 heteroatoms. The van der Waals surface area contributed by atoms with Gasteiger partial charge in [0.1, 0.15) is 5.58 Å². The molecule has 0 saturated heterocycles. The molecule has 0 N–H and O–H groups in total. The Morgan fingerprint density at radius 2 is 1.50 bits per heavy atom. The molecule has 4 aromatic carbocycles. The van der Waals surface area contributed by atoms with Crippen molar-refractivity contribution in [1.29, 1.82) is 0 Å². The van der Waals surface area contributed by atoms with E-state index in [9.17, 15) is 0 Å². The van der Waals surface area contributed by atoms with Crippen LogP contribution in [0.4, 0.5) is 0 Å². The second kappa shape index (κ2) is 13.4. The zero-order valence-corrected chi connectivity index (χ0v) is 30.1. The largest absolute Gasteiger partial charge is 0.501 e. The zero-order chi connectivity index (χ0) is 30.0. The van der Waals surface area contributed by atoms with E-state index < -0.39 is 13.3 Å². The Balaban J connectivity index is 0.000000181. The van der Waals surface area contributed by atoms with Crippen molar-refractivity contribution >= 4 is 39.6 Å². The summed E-state index contributed by atoms with van der Waals surface area (Å²) in [6.45, 7) is 4.28. The second-order valence-electron chi connectivity index (χ2n) is 11.9. The second-order valence-corrected chi connectivity index (χ2v) is 22.5. The Hall–Kier alpha value is -3.83. The van der Waals surface area contributed by atoms with Crippen molar-refractivity contribution in [2.75, 3.05) is 0 Å². The smallest absolute Gasteiger partial charge is 0.121 e. The van der Waals surface area contributed by atoms with Gasteiger partial charge in [-0.25, -0.2) is 0 Å². The van der Waals surface area contributed by atoms with Gasteiger partial charge < -0.3 is 9.40 Å². The van der Waals surface area contributed by atoms with Gasteiger partial charge >= 0.3 is 113 Å². The van der Waals surface area contributed by atoms with E-state index >= 15 is 0 Å². The molecule has 7 rings (SSSR count). The molecule has 3 heterocycles. The van der Waals surface area contributed by atoms with Crippen LogP contribution in [0, 0.1) is 26.0 Å². The molecule has 44 heavy (non-hydrogen) atoms. The van der Waals surface area contributed by atoms with Gasteiger partial charge in [0, 0.05) is 31.7 Å². The number of hydrogen-bond acceptors (Lipinski definition) is 3. The van der Waals surface area contributed by atoms with Gasteiger partial charge in [-0.05, 0) is 29.0 Å². The molecule has 0 aliphatic carbocycles. The quantitative estimate of drug-likeness (QED) is 0.131. The molecule has 221 valence electrons. The van der Waals surface area contributed by atoms with Crippen molar-refractivity contribution < 1.29 is 24.5 Å². The average Bonchev–Trinajstić information content (AvgIpc) is 3.40. The van der Waals surface area contributed by atoms with Crippen LogP contribution in [-0.4, -0.2) is 23.2 Å². The van der Waals surface area contributed by atoms with Gasteiger partial charge in [0.15, 0.2) is 0 Å². The first-order chi connectivity index (χ1) is 20.8. The first kappa shape index (κ1) is 31.6. The monoisotopic (exact) mass is 813 g/mol. The molecular formula is C39H34GeIrN2O-2. The van der Waals surface area contributed by atoms with Crippen LogP contribution in [0.5, 0.6) is 0 Å². The van der Waals surface area contributed by atoms with Gasteiger partial charge in [-0.3, -0.25) is 0 Å². The normalized spacial score (nSPS) is 11.1. The fourth-order valence-electron chi connectivity index (χ4n) is 5.40. The molecule has 3 nitrogen and oxygen atoms in total. The molecule has 0 unspecified atom stereocenters. The first-order valence-electron chi connectivity index (χ1n) is 14.6. The third kappa shape index (κ3) is 6.78. The number of hydrogen-bond donors (Lipinski definition) is 0. The van der Waals surface area contributed by atoms with Crippen LogP contribution >= 0.6 is 0 Å². The molecule has 0 atom stereocenters. The van der Waals surface area contributed by atoms with Crippen molar-refractivity contribution in [3.63, 3.8) is 0 Å². The van der Waals surface area contributed by atoms with Crippen LogP contribution in [0.3, 0.4) is 0 Å². The summed E-state index contributed by atoms with van der Waals surface area (Å²) in [7, 11) is 0. The van der Waals surface area contributed by atoms with E-state index in [4.69, 9.17) is 4.42 Å². The van der Waals surface area contributed by atoms with E-state index in [1.165, 1.54) is 21.1 Å². The summed E-state index contributed by atoms with van der Waals surface area (Å²) >= 11 is -1.78. The van der Waals surface area contributed by atoms with Crippen LogP contribution in [0.25, 0.3) is 55.6 Å². The SMILES string of the molecule is Cc1c[c-]c(-c2cc(C)[c]([Ge]([CH3])([CH3])[CH3])cn2)cc1.[Ir].[c-]1ccc2c(oc3cc(-c4ccccc4)ccc32)c1-c1ccccn1. The molecule has 0 fully saturated rings. The summed E-state index contributed by atoms with van der Waals surface area (Å²) < 4.78 is 7.72. The molecule has 3 aromatic heterocycles. The maximum absolute atomic E-state index is 6.23. The minimum absolute atomic E-state index is 0. The van der Waals surface area contributed by atoms with Crippen LogP contribution in [0.15, 0.2) is 120 Å². The maximum Gasteiger partial charge on any atom is 0.121 e. The van der Waals surface area contributed by atoms with Crippen molar-refractivity contribution in [3.8, 4) is 33.6 Å². The van der Waals surface area contributed by atoms with Crippen LogP contribution in [0.2, 0.25) is 17.3 Å². The minimum atomic E-state index is -1.78. The van der Waals surface area contributed by atoms with E-state index in [0.29, 0.717) is 0 Å². The zero-order valence-electron chi connectivity index (χ0n) is 25.6. The molecule has 0 aliphatic rings. The first-order valence-corrected chi connectivity index (χ1v) is 21.9. The molecule has 7 aromatic rings. The van der Waals surface area contributed by atoms with E-state index in [1.807, 2.05) is 48.5 Å². The third-order valence-electron chi connectivity index (χ3n) is 7.62. The number of rotatable bonds is 4. The van der Waals surface area contributed by atoms with E-state index in [-0.39, 0.29) is 20.1 Å².